The number of fused-ring (bicyclic) bond motifs is 2. The minimum atomic E-state index is -0.711. The van der Waals surface area contributed by atoms with Gasteiger partial charge in [0.15, 0.2) is 0 Å². The third-order valence-electron chi connectivity index (χ3n) is 5.08. The Morgan fingerprint density at radius 3 is 2.79 bits per heavy atom. The van der Waals surface area contributed by atoms with Gasteiger partial charge in [0.2, 0.25) is 5.58 Å². The van der Waals surface area contributed by atoms with E-state index >= 15 is 0 Å². The Kier molecular flexibility index (Phi) is 5.73. The first-order valence-corrected chi connectivity index (χ1v) is 10.1. The van der Waals surface area contributed by atoms with Crippen LogP contribution in [0.5, 0.6) is 5.75 Å². The molecule has 0 N–H and O–H groups in total. The predicted molar refractivity (Wildman–Crippen MR) is 127 cm³/mol. The first kappa shape index (κ1) is 21.9. The molecule has 3 aromatic heterocycles. The number of nitrogens with zero attached hydrogens (tertiary/aromatic N) is 4. The summed E-state index contributed by atoms with van der Waals surface area (Å²) in [4.78, 5) is 31.1. The zero-order valence-electron chi connectivity index (χ0n) is 17.5. The van der Waals surface area contributed by atoms with E-state index in [2.05, 4.69) is 18.1 Å². The number of ether oxygens (including phenoxy) is 1. The second kappa shape index (κ2) is 8.65. The first-order chi connectivity index (χ1) is 15.9. The SMILES string of the molecule is C=C/C=C(\C(=C)Cl)c1cc2c(o1)c(=O)n(-c1cncc3ccc(OC)cc13)c(=O)n2CC#N. The quantitative estimate of drug-likeness (QED) is 0.400. The monoisotopic (exact) mass is 460 g/mol. The Morgan fingerprint density at radius 2 is 2.12 bits per heavy atom. The van der Waals surface area contributed by atoms with Gasteiger partial charge in [0.1, 0.15) is 18.1 Å². The number of halogens is 1. The summed E-state index contributed by atoms with van der Waals surface area (Å²) >= 11 is 6.08. The van der Waals surface area contributed by atoms with Gasteiger partial charge >= 0.3 is 11.2 Å². The fourth-order valence-corrected chi connectivity index (χ4v) is 3.73. The molecular weight excluding hydrogens is 444 g/mol. The van der Waals surface area contributed by atoms with Gasteiger partial charge in [-0.05, 0) is 18.2 Å². The highest BCUT2D eigenvalue weighted by molar-refractivity contribution is 6.36. The number of allylic oxidation sites excluding steroid dienone is 4. The van der Waals surface area contributed by atoms with E-state index < -0.39 is 11.2 Å². The van der Waals surface area contributed by atoms with Gasteiger partial charge < -0.3 is 9.15 Å². The van der Waals surface area contributed by atoms with E-state index in [0.717, 1.165) is 9.13 Å². The van der Waals surface area contributed by atoms with E-state index in [-0.39, 0.29) is 34.1 Å². The molecule has 0 radical (unpaired) electrons. The molecule has 3 heterocycles. The third-order valence-corrected chi connectivity index (χ3v) is 5.29. The molecule has 1 aromatic carbocycles. The van der Waals surface area contributed by atoms with Crippen molar-refractivity contribution in [3.63, 3.8) is 0 Å². The lowest BCUT2D eigenvalue weighted by molar-refractivity contribution is 0.415. The standard InChI is InChI=1S/C24H17ClN4O4/c1-4-5-17(14(2)25)21-11-19-22(33-21)23(30)29(24(31)28(19)9-8-26)20-13-27-12-15-6-7-16(32-3)10-18(15)20/h4-7,10-13H,1-2,9H2,3H3/b17-5+. The highest BCUT2D eigenvalue weighted by Crippen LogP contribution is 2.30. The van der Waals surface area contributed by atoms with Crippen molar-refractivity contribution in [2.24, 2.45) is 0 Å². The van der Waals surface area contributed by atoms with E-state index in [4.69, 9.17) is 20.8 Å². The summed E-state index contributed by atoms with van der Waals surface area (Å²) in [5.74, 6) is 0.755. The van der Waals surface area contributed by atoms with E-state index in [1.165, 1.54) is 25.4 Å². The summed E-state index contributed by atoms with van der Waals surface area (Å²) in [5.41, 5.74) is -0.745. The van der Waals surface area contributed by atoms with Crippen LogP contribution in [0.4, 0.5) is 0 Å². The van der Waals surface area contributed by atoms with Crippen molar-refractivity contribution in [1.29, 1.82) is 5.26 Å². The van der Waals surface area contributed by atoms with Crippen molar-refractivity contribution in [3.05, 3.63) is 93.6 Å². The molecule has 0 unspecified atom stereocenters. The molecule has 0 saturated heterocycles. The molecule has 0 aliphatic heterocycles. The van der Waals surface area contributed by atoms with Gasteiger partial charge in [0.25, 0.3) is 0 Å². The molecule has 9 heteroatoms. The molecule has 4 aromatic rings. The van der Waals surface area contributed by atoms with E-state index in [1.54, 1.807) is 30.5 Å². The van der Waals surface area contributed by atoms with Crippen LogP contribution in [0.15, 0.2) is 81.0 Å². The molecule has 8 nitrogen and oxygen atoms in total. The summed E-state index contributed by atoms with van der Waals surface area (Å²) in [7, 11) is 1.52. The normalized spacial score (nSPS) is 11.5. The highest BCUT2D eigenvalue weighted by atomic mass is 35.5. The largest absolute Gasteiger partial charge is 0.497 e. The number of benzene rings is 1. The lowest BCUT2D eigenvalue weighted by Gasteiger charge is -2.11. The lowest BCUT2D eigenvalue weighted by atomic mass is 10.1. The van der Waals surface area contributed by atoms with Gasteiger partial charge in [-0.25, -0.2) is 9.36 Å². The predicted octanol–water partition coefficient (Wildman–Crippen LogP) is 4.15. The number of hydrogen-bond acceptors (Lipinski definition) is 6. The van der Waals surface area contributed by atoms with E-state index in [0.29, 0.717) is 22.1 Å². The smallest absolute Gasteiger partial charge is 0.337 e. The van der Waals surface area contributed by atoms with Crippen LogP contribution < -0.4 is 16.0 Å². The number of hydrogen-bond donors (Lipinski definition) is 0. The van der Waals surface area contributed by atoms with E-state index in [1.807, 2.05) is 6.07 Å². The minimum Gasteiger partial charge on any atom is -0.497 e. The second-order valence-corrected chi connectivity index (χ2v) is 7.42. The summed E-state index contributed by atoms with van der Waals surface area (Å²) in [6.07, 6.45) is 6.07. The Morgan fingerprint density at radius 1 is 1.33 bits per heavy atom. The summed E-state index contributed by atoms with van der Waals surface area (Å²) in [6, 6.07) is 8.65. The molecule has 0 atom stereocenters. The van der Waals surface area contributed by atoms with Crippen LogP contribution in [0, 0.1) is 11.3 Å². The van der Waals surface area contributed by atoms with Crippen LogP contribution in [-0.4, -0.2) is 21.2 Å². The fourth-order valence-electron chi connectivity index (χ4n) is 3.57. The molecule has 0 aliphatic carbocycles. The number of methoxy groups -OCH3 is 1. The van der Waals surface area contributed by atoms with Crippen molar-refractivity contribution in [3.8, 4) is 17.5 Å². The Hall–Kier alpha value is -4.35. The van der Waals surface area contributed by atoms with Crippen LogP contribution >= 0.6 is 11.6 Å². The van der Waals surface area contributed by atoms with Crippen LogP contribution in [0.3, 0.4) is 0 Å². The molecule has 4 rings (SSSR count). The number of pyridine rings is 1. The van der Waals surface area contributed by atoms with Crippen molar-refractivity contribution in [2.45, 2.75) is 6.54 Å². The molecule has 0 bridgehead atoms. The molecular formula is C24H17ClN4O4. The Labute approximate surface area is 192 Å². The molecule has 0 amide bonds. The Bertz CT molecular complexity index is 1630. The van der Waals surface area contributed by atoms with Gasteiger partial charge in [-0.15, -0.1) is 0 Å². The van der Waals surface area contributed by atoms with Crippen LogP contribution in [0.1, 0.15) is 5.76 Å². The van der Waals surface area contributed by atoms with Crippen LogP contribution in [0.2, 0.25) is 0 Å². The maximum Gasteiger partial charge on any atom is 0.337 e. The zero-order valence-corrected chi connectivity index (χ0v) is 18.3. The molecule has 0 aliphatic rings. The van der Waals surface area contributed by atoms with Gasteiger partial charge in [-0.3, -0.25) is 14.3 Å². The summed E-state index contributed by atoms with van der Waals surface area (Å²) in [6.45, 7) is 7.03. The molecule has 0 spiro atoms. The highest BCUT2D eigenvalue weighted by Gasteiger charge is 2.22. The van der Waals surface area contributed by atoms with Crippen molar-refractivity contribution < 1.29 is 9.15 Å². The van der Waals surface area contributed by atoms with Crippen LogP contribution in [0.25, 0.3) is 33.1 Å². The van der Waals surface area contributed by atoms with Gasteiger partial charge in [-0.1, -0.05) is 36.9 Å². The summed E-state index contributed by atoms with van der Waals surface area (Å²) < 4.78 is 13.2. The van der Waals surface area contributed by atoms with Gasteiger partial charge in [-0.2, -0.15) is 5.26 Å². The maximum absolute atomic E-state index is 13.5. The first-order valence-electron chi connectivity index (χ1n) is 9.67. The molecule has 164 valence electrons. The molecule has 0 fully saturated rings. The Balaban J connectivity index is 2.13. The average Bonchev–Trinajstić information content (AvgIpc) is 3.25. The number of nitriles is 1. The van der Waals surface area contributed by atoms with Crippen molar-refractivity contribution in [2.75, 3.05) is 7.11 Å². The minimum absolute atomic E-state index is 0.118. The molecule has 33 heavy (non-hydrogen) atoms. The average molecular weight is 461 g/mol. The second-order valence-electron chi connectivity index (χ2n) is 6.96. The van der Waals surface area contributed by atoms with E-state index in [9.17, 15) is 14.9 Å². The van der Waals surface area contributed by atoms with Gasteiger partial charge in [0.05, 0.1) is 30.6 Å². The fraction of sp³-hybridized carbons (Fsp3) is 0.0833. The van der Waals surface area contributed by atoms with Crippen LogP contribution in [-0.2, 0) is 6.54 Å². The van der Waals surface area contributed by atoms with Gasteiger partial charge in [0, 0.05) is 33.6 Å². The lowest BCUT2D eigenvalue weighted by Crippen LogP contribution is -2.38. The maximum atomic E-state index is 13.5. The third kappa shape index (κ3) is 3.64. The topological polar surface area (TPSA) is 103 Å². The zero-order chi connectivity index (χ0) is 23.7. The number of furan rings is 1. The summed E-state index contributed by atoms with van der Waals surface area (Å²) in [5, 5.41) is 10.8. The number of rotatable bonds is 6. The van der Waals surface area contributed by atoms with Crippen molar-refractivity contribution in [1.82, 2.24) is 14.1 Å². The molecule has 0 saturated carbocycles. The number of aromatic nitrogens is 3. The van der Waals surface area contributed by atoms with Crippen molar-refractivity contribution >= 4 is 39.0 Å².